The fourth-order valence-corrected chi connectivity index (χ4v) is 3.84. The van der Waals surface area contributed by atoms with Gasteiger partial charge in [0, 0.05) is 11.8 Å². The van der Waals surface area contributed by atoms with Crippen LogP contribution in [0.4, 0.5) is 0 Å². The largest absolute Gasteiger partial charge is 0.256 e. The zero-order valence-electron chi connectivity index (χ0n) is 18.3. The van der Waals surface area contributed by atoms with Crippen molar-refractivity contribution in [1.82, 2.24) is 4.98 Å². The highest BCUT2D eigenvalue weighted by atomic mass is 14.7. The van der Waals surface area contributed by atoms with Gasteiger partial charge in [-0.1, -0.05) is 98.3 Å². The molecule has 0 fully saturated rings. The summed E-state index contributed by atoms with van der Waals surface area (Å²) in [5, 5.41) is 0. The summed E-state index contributed by atoms with van der Waals surface area (Å²) < 4.78 is 0. The minimum absolute atomic E-state index is 0.984. The van der Waals surface area contributed by atoms with Crippen molar-refractivity contribution >= 4 is 11.6 Å². The van der Waals surface area contributed by atoms with Crippen molar-refractivity contribution in [2.75, 3.05) is 0 Å². The molecule has 30 heavy (non-hydrogen) atoms. The number of pyridine rings is 1. The molecule has 0 unspecified atom stereocenters. The smallest absolute Gasteiger partial charge is 0.0707 e. The summed E-state index contributed by atoms with van der Waals surface area (Å²) in [6.45, 7) is 6.07. The van der Waals surface area contributed by atoms with Crippen molar-refractivity contribution in [3.8, 4) is 11.3 Å². The van der Waals surface area contributed by atoms with Crippen LogP contribution in [0.15, 0.2) is 96.7 Å². The SMILES string of the molecule is C/C=C\C=C1\CCc2ccccc2/C(=C/c2ccccc2-c2ccccn2)C1.CC. The molecule has 2 aromatic carbocycles. The van der Waals surface area contributed by atoms with Crippen LogP contribution in [0.1, 0.15) is 50.3 Å². The van der Waals surface area contributed by atoms with Crippen molar-refractivity contribution < 1.29 is 0 Å². The Balaban J connectivity index is 0.00000124. The lowest BCUT2D eigenvalue weighted by Crippen LogP contribution is -1.91. The molecule has 0 N–H and O–H groups in total. The van der Waals surface area contributed by atoms with Gasteiger partial charge < -0.3 is 0 Å². The number of fused-ring (bicyclic) bond motifs is 1. The molecule has 0 radical (unpaired) electrons. The molecular weight excluding hydrogens is 362 g/mol. The standard InChI is InChI=1S/C27H25N.C2H6/c1-2-3-10-21-16-17-22-11-4-6-13-25(22)24(19-21)20-23-12-5-7-14-26(23)27-15-8-9-18-28-27;1-2/h2-15,18,20H,16-17,19H2,1H3;1-2H3/b3-2-,21-10-,24-20+;. The van der Waals surface area contributed by atoms with Crippen molar-refractivity contribution in [1.29, 1.82) is 0 Å². The summed E-state index contributed by atoms with van der Waals surface area (Å²) in [4.78, 5) is 4.57. The molecule has 0 saturated carbocycles. The second kappa shape index (κ2) is 11.1. The average Bonchev–Trinajstić information content (AvgIpc) is 2.99. The van der Waals surface area contributed by atoms with E-state index >= 15 is 0 Å². The van der Waals surface area contributed by atoms with E-state index in [0.717, 1.165) is 25.0 Å². The van der Waals surface area contributed by atoms with Crippen molar-refractivity contribution in [3.63, 3.8) is 0 Å². The zero-order chi connectivity index (χ0) is 21.2. The monoisotopic (exact) mass is 393 g/mol. The summed E-state index contributed by atoms with van der Waals surface area (Å²) in [5.74, 6) is 0. The number of aryl methyl sites for hydroxylation is 1. The number of hydrogen-bond donors (Lipinski definition) is 0. The number of allylic oxidation sites excluding steroid dienone is 5. The van der Waals surface area contributed by atoms with E-state index in [1.54, 1.807) is 0 Å². The average molecular weight is 394 g/mol. The van der Waals surface area contributed by atoms with Gasteiger partial charge in [0.1, 0.15) is 0 Å². The van der Waals surface area contributed by atoms with Gasteiger partial charge in [-0.3, -0.25) is 4.98 Å². The van der Waals surface area contributed by atoms with Gasteiger partial charge in [-0.15, -0.1) is 0 Å². The van der Waals surface area contributed by atoms with Crippen molar-refractivity contribution in [3.05, 3.63) is 113 Å². The third-order valence-corrected chi connectivity index (χ3v) is 5.25. The summed E-state index contributed by atoms with van der Waals surface area (Å²) in [7, 11) is 0. The van der Waals surface area contributed by atoms with E-state index in [2.05, 4.69) is 90.8 Å². The van der Waals surface area contributed by atoms with Crippen molar-refractivity contribution in [2.45, 2.75) is 40.0 Å². The first kappa shape index (κ1) is 21.5. The van der Waals surface area contributed by atoms with Gasteiger partial charge in [0.15, 0.2) is 0 Å². The Morgan fingerprint density at radius 2 is 1.53 bits per heavy atom. The van der Waals surface area contributed by atoms with Crippen LogP contribution < -0.4 is 0 Å². The molecule has 1 aliphatic rings. The molecule has 0 amide bonds. The van der Waals surface area contributed by atoms with Gasteiger partial charge in [-0.05, 0) is 60.6 Å². The van der Waals surface area contributed by atoms with E-state index in [1.165, 1.54) is 33.4 Å². The Labute approximate surface area is 181 Å². The summed E-state index contributed by atoms with van der Waals surface area (Å²) in [5.41, 5.74) is 9.09. The van der Waals surface area contributed by atoms with E-state index in [1.807, 2.05) is 32.2 Å². The van der Waals surface area contributed by atoms with E-state index in [-0.39, 0.29) is 0 Å². The van der Waals surface area contributed by atoms with E-state index in [0.29, 0.717) is 0 Å². The predicted octanol–water partition coefficient (Wildman–Crippen LogP) is 8.15. The summed E-state index contributed by atoms with van der Waals surface area (Å²) in [6.07, 6.45) is 14.0. The highest BCUT2D eigenvalue weighted by Crippen LogP contribution is 2.35. The first-order chi connectivity index (χ1) is 14.8. The molecule has 0 bridgehead atoms. The molecule has 0 saturated heterocycles. The zero-order valence-corrected chi connectivity index (χ0v) is 18.3. The number of rotatable bonds is 3. The Bertz CT molecular complexity index is 1040. The molecule has 152 valence electrons. The fraction of sp³-hybridized carbons (Fsp3) is 0.207. The Morgan fingerprint density at radius 3 is 2.30 bits per heavy atom. The van der Waals surface area contributed by atoms with Gasteiger partial charge in [-0.25, -0.2) is 0 Å². The fourth-order valence-electron chi connectivity index (χ4n) is 3.84. The molecule has 1 aliphatic carbocycles. The first-order valence-corrected chi connectivity index (χ1v) is 10.9. The normalized spacial score (nSPS) is 16.1. The van der Waals surface area contributed by atoms with Crippen LogP contribution in [-0.2, 0) is 6.42 Å². The maximum Gasteiger partial charge on any atom is 0.0707 e. The second-order valence-corrected chi connectivity index (χ2v) is 7.16. The van der Waals surface area contributed by atoms with Gasteiger partial charge in [0.25, 0.3) is 0 Å². The molecular formula is C29H31N. The minimum Gasteiger partial charge on any atom is -0.256 e. The maximum absolute atomic E-state index is 4.57. The van der Waals surface area contributed by atoms with Crippen LogP contribution >= 0.6 is 0 Å². The quantitative estimate of drug-likeness (QED) is 0.409. The Hall–Kier alpha value is -3.19. The van der Waals surface area contributed by atoms with E-state index in [9.17, 15) is 0 Å². The molecule has 4 rings (SSSR count). The Kier molecular flexibility index (Phi) is 7.97. The molecule has 1 nitrogen and oxygen atoms in total. The molecule has 0 spiro atoms. The summed E-state index contributed by atoms with van der Waals surface area (Å²) >= 11 is 0. The maximum atomic E-state index is 4.57. The van der Waals surface area contributed by atoms with Crippen LogP contribution in [0, 0.1) is 0 Å². The molecule has 1 heteroatoms. The van der Waals surface area contributed by atoms with Crippen LogP contribution in [0.2, 0.25) is 0 Å². The minimum atomic E-state index is 0.984. The van der Waals surface area contributed by atoms with Gasteiger partial charge in [0.05, 0.1) is 5.69 Å². The number of nitrogens with zero attached hydrogens (tertiary/aromatic N) is 1. The lowest BCUT2D eigenvalue weighted by molar-refractivity contribution is 0.936. The Morgan fingerprint density at radius 1 is 0.800 bits per heavy atom. The van der Waals surface area contributed by atoms with E-state index < -0.39 is 0 Å². The van der Waals surface area contributed by atoms with Gasteiger partial charge in [-0.2, -0.15) is 0 Å². The van der Waals surface area contributed by atoms with Crippen LogP contribution in [0.3, 0.4) is 0 Å². The van der Waals surface area contributed by atoms with Crippen LogP contribution in [0.5, 0.6) is 0 Å². The lowest BCUT2D eigenvalue weighted by Gasteiger charge is -2.12. The predicted molar refractivity (Wildman–Crippen MR) is 131 cm³/mol. The number of hydrogen-bond acceptors (Lipinski definition) is 1. The molecule has 0 aliphatic heterocycles. The number of aromatic nitrogens is 1. The lowest BCUT2D eigenvalue weighted by atomic mass is 9.93. The topological polar surface area (TPSA) is 12.9 Å². The second-order valence-electron chi connectivity index (χ2n) is 7.16. The highest BCUT2D eigenvalue weighted by molar-refractivity contribution is 5.88. The van der Waals surface area contributed by atoms with Crippen LogP contribution in [-0.4, -0.2) is 4.98 Å². The summed E-state index contributed by atoms with van der Waals surface area (Å²) in [6, 6.07) is 23.5. The number of benzene rings is 2. The van der Waals surface area contributed by atoms with E-state index in [4.69, 9.17) is 0 Å². The van der Waals surface area contributed by atoms with Crippen LogP contribution in [0.25, 0.3) is 22.9 Å². The highest BCUT2D eigenvalue weighted by Gasteiger charge is 2.15. The molecule has 1 aromatic heterocycles. The third kappa shape index (κ3) is 5.24. The first-order valence-electron chi connectivity index (χ1n) is 10.9. The van der Waals surface area contributed by atoms with Gasteiger partial charge in [0.2, 0.25) is 0 Å². The molecule has 0 atom stereocenters. The van der Waals surface area contributed by atoms with Crippen molar-refractivity contribution in [2.24, 2.45) is 0 Å². The molecule has 1 heterocycles. The molecule has 3 aromatic rings. The third-order valence-electron chi connectivity index (χ3n) is 5.25. The van der Waals surface area contributed by atoms with Gasteiger partial charge >= 0.3 is 0 Å².